The lowest BCUT2D eigenvalue weighted by Crippen LogP contribution is -2.47. The van der Waals surface area contributed by atoms with Crippen LogP contribution in [0.4, 0.5) is 5.69 Å². The van der Waals surface area contributed by atoms with Gasteiger partial charge in [-0.15, -0.1) is 0 Å². The van der Waals surface area contributed by atoms with E-state index >= 15 is 0 Å². The number of nitrogens with zero attached hydrogens (tertiary/aromatic N) is 1. The van der Waals surface area contributed by atoms with Crippen LogP contribution in [0.15, 0.2) is 23.1 Å². The van der Waals surface area contributed by atoms with Gasteiger partial charge in [0.15, 0.2) is 0 Å². The van der Waals surface area contributed by atoms with Gasteiger partial charge in [-0.25, -0.2) is 8.42 Å². The summed E-state index contributed by atoms with van der Waals surface area (Å²) in [6.07, 6.45) is 2.83. The zero-order chi connectivity index (χ0) is 14.2. The molecule has 0 spiro atoms. The molecule has 0 aromatic heterocycles. The summed E-state index contributed by atoms with van der Waals surface area (Å²) in [5.41, 5.74) is 6.02. The van der Waals surface area contributed by atoms with Crippen LogP contribution >= 0.6 is 11.6 Å². The second kappa shape index (κ2) is 5.31. The third kappa shape index (κ3) is 2.73. The Morgan fingerprint density at radius 1 is 1.26 bits per heavy atom. The average molecular weight is 303 g/mol. The molecule has 2 unspecified atom stereocenters. The summed E-state index contributed by atoms with van der Waals surface area (Å²) >= 11 is 5.82. The van der Waals surface area contributed by atoms with E-state index in [2.05, 4.69) is 0 Å². The Balaban J connectivity index is 2.46. The minimum absolute atomic E-state index is 0.00354. The van der Waals surface area contributed by atoms with Gasteiger partial charge in [0.2, 0.25) is 10.0 Å². The highest BCUT2D eigenvalue weighted by Gasteiger charge is 2.36. The monoisotopic (exact) mass is 302 g/mol. The first-order valence-electron chi connectivity index (χ1n) is 6.42. The van der Waals surface area contributed by atoms with Gasteiger partial charge < -0.3 is 5.73 Å². The molecule has 0 amide bonds. The van der Waals surface area contributed by atoms with E-state index in [4.69, 9.17) is 17.3 Å². The summed E-state index contributed by atoms with van der Waals surface area (Å²) in [6.45, 7) is 3.89. The van der Waals surface area contributed by atoms with Gasteiger partial charge in [0.05, 0.1) is 5.69 Å². The van der Waals surface area contributed by atoms with Crippen molar-refractivity contribution in [1.82, 2.24) is 4.31 Å². The SMILES string of the molecule is CC1CCCC(C)N1S(=O)(=O)c1ccc(Cl)cc1N. The van der Waals surface area contributed by atoms with Crippen LogP contribution in [0.5, 0.6) is 0 Å². The molecule has 4 nitrogen and oxygen atoms in total. The van der Waals surface area contributed by atoms with Crippen LogP contribution in [0.1, 0.15) is 33.1 Å². The molecule has 6 heteroatoms. The summed E-state index contributed by atoms with van der Waals surface area (Å²) < 4.78 is 27.1. The van der Waals surface area contributed by atoms with Crippen molar-refractivity contribution in [2.24, 2.45) is 0 Å². The Kier molecular flexibility index (Phi) is 4.08. The van der Waals surface area contributed by atoms with Crippen LogP contribution in [0.25, 0.3) is 0 Å². The number of benzene rings is 1. The number of anilines is 1. The predicted molar refractivity (Wildman–Crippen MR) is 77.7 cm³/mol. The highest BCUT2D eigenvalue weighted by atomic mass is 35.5. The molecule has 1 aromatic carbocycles. The third-order valence-corrected chi connectivity index (χ3v) is 6.08. The van der Waals surface area contributed by atoms with Gasteiger partial charge in [0.1, 0.15) is 4.90 Å². The van der Waals surface area contributed by atoms with E-state index in [1.54, 1.807) is 10.4 Å². The number of hydrogen-bond donors (Lipinski definition) is 1. The number of piperidine rings is 1. The number of sulfonamides is 1. The quantitative estimate of drug-likeness (QED) is 0.854. The van der Waals surface area contributed by atoms with E-state index in [0.717, 1.165) is 19.3 Å². The standard InChI is InChI=1S/C13H19ClN2O2S/c1-9-4-3-5-10(2)16(9)19(17,18)13-7-6-11(14)8-12(13)15/h6-10H,3-5,15H2,1-2H3. The van der Waals surface area contributed by atoms with Crippen LogP contribution in [-0.2, 0) is 10.0 Å². The van der Waals surface area contributed by atoms with Crippen molar-refractivity contribution in [3.8, 4) is 0 Å². The lowest BCUT2D eigenvalue weighted by molar-refractivity contribution is 0.204. The molecule has 106 valence electrons. The van der Waals surface area contributed by atoms with Crippen LogP contribution in [0.3, 0.4) is 0 Å². The second-order valence-electron chi connectivity index (χ2n) is 5.15. The number of hydrogen-bond acceptors (Lipinski definition) is 3. The van der Waals surface area contributed by atoms with E-state index in [-0.39, 0.29) is 22.7 Å². The van der Waals surface area contributed by atoms with Gasteiger partial charge in [0.25, 0.3) is 0 Å². The van der Waals surface area contributed by atoms with Gasteiger partial charge in [-0.05, 0) is 44.9 Å². The van der Waals surface area contributed by atoms with Crippen molar-refractivity contribution in [1.29, 1.82) is 0 Å². The fourth-order valence-corrected chi connectivity index (χ4v) is 4.90. The van der Waals surface area contributed by atoms with E-state index in [9.17, 15) is 8.42 Å². The lowest BCUT2D eigenvalue weighted by atomic mass is 10.0. The van der Waals surface area contributed by atoms with Crippen molar-refractivity contribution in [2.45, 2.75) is 50.1 Å². The lowest BCUT2D eigenvalue weighted by Gasteiger charge is -2.37. The van der Waals surface area contributed by atoms with E-state index < -0.39 is 10.0 Å². The molecular weight excluding hydrogens is 284 g/mol. The predicted octanol–water partition coefficient (Wildman–Crippen LogP) is 2.87. The van der Waals surface area contributed by atoms with Crippen molar-refractivity contribution < 1.29 is 8.42 Å². The third-order valence-electron chi connectivity index (χ3n) is 3.64. The molecule has 2 atom stereocenters. The Morgan fingerprint density at radius 3 is 2.37 bits per heavy atom. The smallest absolute Gasteiger partial charge is 0.245 e. The molecule has 1 aliphatic rings. The molecule has 2 N–H and O–H groups in total. The van der Waals surface area contributed by atoms with Gasteiger partial charge in [-0.2, -0.15) is 4.31 Å². The van der Waals surface area contributed by atoms with Gasteiger partial charge in [0, 0.05) is 17.1 Å². The molecule has 1 fully saturated rings. The number of rotatable bonds is 2. The number of nitrogens with two attached hydrogens (primary N) is 1. The van der Waals surface area contributed by atoms with Gasteiger partial charge >= 0.3 is 0 Å². The molecule has 2 rings (SSSR count). The Morgan fingerprint density at radius 2 is 1.84 bits per heavy atom. The van der Waals surface area contributed by atoms with E-state index in [1.165, 1.54) is 12.1 Å². The molecule has 0 saturated carbocycles. The first kappa shape index (κ1) is 14.6. The van der Waals surface area contributed by atoms with Crippen LogP contribution < -0.4 is 5.73 Å². The van der Waals surface area contributed by atoms with Crippen LogP contribution in [0.2, 0.25) is 5.02 Å². The number of nitrogen functional groups attached to an aromatic ring is 1. The normalized spacial score (nSPS) is 25.4. The highest BCUT2D eigenvalue weighted by Crippen LogP contribution is 2.32. The fraction of sp³-hybridized carbons (Fsp3) is 0.538. The first-order chi connectivity index (χ1) is 8.84. The minimum atomic E-state index is -3.56. The summed E-state index contributed by atoms with van der Waals surface area (Å²) in [5, 5.41) is 0.441. The largest absolute Gasteiger partial charge is 0.398 e. The maximum Gasteiger partial charge on any atom is 0.245 e. The molecule has 1 aliphatic heterocycles. The zero-order valence-corrected chi connectivity index (χ0v) is 12.7. The van der Waals surface area contributed by atoms with E-state index in [1.807, 2.05) is 13.8 Å². The van der Waals surface area contributed by atoms with Crippen molar-refractivity contribution in [2.75, 3.05) is 5.73 Å². The molecular formula is C13H19ClN2O2S. The van der Waals surface area contributed by atoms with Crippen molar-refractivity contribution in [3.63, 3.8) is 0 Å². The van der Waals surface area contributed by atoms with Crippen LogP contribution in [-0.4, -0.2) is 24.8 Å². The Labute approximate surface area is 119 Å². The topological polar surface area (TPSA) is 63.4 Å². The van der Waals surface area contributed by atoms with Gasteiger partial charge in [-0.3, -0.25) is 0 Å². The Bertz CT molecular complexity index is 564. The molecule has 19 heavy (non-hydrogen) atoms. The molecule has 1 aromatic rings. The summed E-state index contributed by atoms with van der Waals surface area (Å²) in [6, 6.07) is 4.53. The molecule has 1 saturated heterocycles. The average Bonchev–Trinajstić information content (AvgIpc) is 2.27. The summed E-state index contributed by atoms with van der Waals surface area (Å²) in [5.74, 6) is 0. The number of halogens is 1. The second-order valence-corrected chi connectivity index (χ2v) is 7.39. The maximum atomic E-state index is 12.7. The highest BCUT2D eigenvalue weighted by molar-refractivity contribution is 7.89. The maximum absolute atomic E-state index is 12.7. The van der Waals surface area contributed by atoms with Crippen LogP contribution in [0, 0.1) is 0 Å². The summed E-state index contributed by atoms with van der Waals surface area (Å²) in [7, 11) is -3.56. The first-order valence-corrected chi connectivity index (χ1v) is 8.24. The summed E-state index contributed by atoms with van der Waals surface area (Å²) in [4.78, 5) is 0.150. The molecule has 0 aliphatic carbocycles. The van der Waals surface area contributed by atoms with Crippen molar-refractivity contribution in [3.05, 3.63) is 23.2 Å². The molecule has 0 bridgehead atoms. The van der Waals surface area contributed by atoms with Crippen molar-refractivity contribution >= 4 is 27.3 Å². The van der Waals surface area contributed by atoms with E-state index in [0.29, 0.717) is 5.02 Å². The van der Waals surface area contributed by atoms with Gasteiger partial charge in [-0.1, -0.05) is 18.0 Å². The molecule has 0 radical (unpaired) electrons. The fourth-order valence-electron chi connectivity index (χ4n) is 2.74. The minimum Gasteiger partial charge on any atom is -0.398 e. The zero-order valence-electron chi connectivity index (χ0n) is 11.1. The molecule has 1 heterocycles. The Hall–Kier alpha value is -0.780.